The van der Waals surface area contributed by atoms with Gasteiger partial charge in [0, 0.05) is 66.4 Å². The summed E-state index contributed by atoms with van der Waals surface area (Å²) < 4.78 is 186. The molecule has 0 bridgehead atoms. The predicted molar refractivity (Wildman–Crippen MR) is 494 cm³/mol. The van der Waals surface area contributed by atoms with Crippen LogP contribution in [-0.2, 0) is 5.41 Å². The lowest BCUT2D eigenvalue weighted by Crippen LogP contribution is -2.16. The molecule has 2 aromatic heterocycles. The third-order valence-corrected chi connectivity index (χ3v) is 24.5. The van der Waals surface area contributed by atoms with Crippen molar-refractivity contribution >= 4 is 99.1 Å². The molecule has 0 N–H and O–H groups in total. The molecule has 134 heavy (non-hydrogen) atoms. The Bertz CT molecular complexity index is 8190. The largest absolute Gasteiger partial charge is 0.456 e. The Morgan fingerprint density at radius 1 is 0.276 bits per heavy atom. The van der Waals surface area contributed by atoms with Gasteiger partial charge in [-0.15, -0.1) is 0 Å². The summed E-state index contributed by atoms with van der Waals surface area (Å²) >= 11 is 0. The van der Waals surface area contributed by atoms with E-state index in [9.17, 15) is 42.1 Å². The van der Waals surface area contributed by atoms with Gasteiger partial charge in [-0.1, -0.05) is 244 Å². The van der Waals surface area contributed by atoms with Gasteiger partial charge in [0.2, 0.25) is 0 Å². The molecule has 0 amide bonds. The highest BCUT2D eigenvalue weighted by atomic mass is 19.2. The highest BCUT2D eigenvalue weighted by Gasteiger charge is 2.47. The zero-order valence-electron chi connectivity index (χ0n) is 70.0. The molecule has 2 aliphatic carbocycles. The molecule has 1 fully saturated rings. The first-order valence-electron chi connectivity index (χ1n) is 41.6. The second kappa shape index (κ2) is 34.2. The molecule has 0 spiro atoms. The molecule has 0 unspecified atom stereocenters. The second-order valence-corrected chi connectivity index (χ2v) is 32.1. The highest BCUT2D eigenvalue weighted by Crippen LogP contribution is 2.59. The van der Waals surface area contributed by atoms with Crippen LogP contribution < -0.4 is 4.90 Å². The first-order valence-corrected chi connectivity index (χ1v) is 41.6. The molecule has 2 aliphatic rings. The minimum absolute atomic E-state index is 0.0864. The Balaban J connectivity index is 0.000000133. The van der Waals surface area contributed by atoms with Crippen molar-refractivity contribution in [3.63, 3.8) is 0 Å². The van der Waals surface area contributed by atoms with E-state index in [2.05, 4.69) is 327 Å². The van der Waals surface area contributed by atoms with Gasteiger partial charge in [0.1, 0.15) is 64.3 Å². The van der Waals surface area contributed by atoms with E-state index in [1.54, 1.807) is 0 Å². The third-order valence-electron chi connectivity index (χ3n) is 24.5. The second-order valence-electron chi connectivity index (χ2n) is 32.1. The van der Waals surface area contributed by atoms with Gasteiger partial charge in [0.15, 0.2) is 69.8 Å². The molecule has 0 atom stereocenters. The highest BCUT2D eigenvalue weighted by molar-refractivity contribution is 6.22. The number of furan rings is 1. The molecule has 21 heteroatoms. The van der Waals surface area contributed by atoms with Crippen molar-refractivity contribution in [3.05, 3.63) is 446 Å². The van der Waals surface area contributed by atoms with Gasteiger partial charge in [0.05, 0.1) is 44.4 Å². The summed E-state index contributed by atoms with van der Waals surface area (Å²) in [6, 6.07) is 119. The number of nitriles is 6. The number of anilines is 3. The SMILES string of the molecule is CC1(C)c2ccccc2-c2ccc(N(c3ccc(-c4ccccc4)cc3)c3ccc(-c4ccc5c(c4)c4ccccc4n5-c4ccccc4)cc3)cc21.N#CC(=C1C(=C(C#N)c2c(F)c(F)c(C#N)c(F)c2F)C1=C(C#N)c1c(F)c(F)c(C#N)c(F)c1F)c1c(F)c(F)c(C#N)c(F)c1F.c1ccc(-c2c3ccccc3c(-c3ccc4oc5ccccc5c4c3)c3ccccc23)cc1. The van der Waals surface area contributed by atoms with Crippen molar-refractivity contribution in [1.82, 2.24) is 4.57 Å². The molecule has 0 radical (unpaired) electrons. The van der Waals surface area contributed by atoms with Gasteiger partial charge in [-0.3, -0.25) is 0 Å². The van der Waals surface area contributed by atoms with Crippen LogP contribution in [0.3, 0.4) is 0 Å². The molecule has 9 nitrogen and oxygen atoms in total. The summed E-state index contributed by atoms with van der Waals surface area (Å²) in [4.78, 5) is 2.40. The lowest BCUT2D eigenvalue weighted by atomic mass is 9.82. The summed E-state index contributed by atoms with van der Waals surface area (Å²) in [7, 11) is 0. The van der Waals surface area contributed by atoms with Crippen LogP contribution in [0.15, 0.2) is 337 Å². The Hall–Kier alpha value is -18.0. The number of para-hydroxylation sites is 3. The molecule has 0 aliphatic heterocycles. The van der Waals surface area contributed by atoms with Crippen LogP contribution in [0.2, 0.25) is 0 Å². The third kappa shape index (κ3) is 14.0. The van der Waals surface area contributed by atoms with E-state index in [1.165, 1.54) is 116 Å². The number of hydrogen-bond donors (Lipinski definition) is 0. The summed E-state index contributed by atoms with van der Waals surface area (Å²) in [6.07, 6.45) is 0. The molecule has 1 saturated carbocycles. The summed E-state index contributed by atoms with van der Waals surface area (Å²) in [5, 5.41) is 65.8. The fraction of sp³-hybridized carbons (Fsp3) is 0.0265. The Kier molecular flexibility index (Phi) is 21.8. The van der Waals surface area contributed by atoms with E-state index < -0.39 is 137 Å². The van der Waals surface area contributed by atoms with E-state index in [0.717, 1.165) is 75.4 Å². The topological polar surface area (TPSA) is 164 Å². The lowest BCUT2D eigenvalue weighted by Gasteiger charge is -2.28. The Morgan fingerprint density at radius 2 is 0.619 bits per heavy atom. The summed E-state index contributed by atoms with van der Waals surface area (Å²) in [5.41, 5.74) is 2.56. The van der Waals surface area contributed by atoms with Crippen molar-refractivity contribution in [1.29, 1.82) is 31.6 Å². The maximum atomic E-state index is 15.0. The molecule has 640 valence electrons. The number of nitrogens with zero attached hydrogens (tertiary/aromatic N) is 8. The zero-order valence-corrected chi connectivity index (χ0v) is 70.0. The Labute approximate surface area is 756 Å². The van der Waals surface area contributed by atoms with Crippen molar-refractivity contribution in [2.75, 3.05) is 4.90 Å². The zero-order chi connectivity index (χ0) is 93.4. The van der Waals surface area contributed by atoms with Crippen LogP contribution in [-0.4, -0.2) is 4.57 Å². The van der Waals surface area contributed by atoms with E-state index in [-0.39, 0.29) is 5.41 Å². The van der Waals surface area contributed by atoms with Gasteiger partial charge in [-0.05, 0) is 173 Å². The van der Waals surface area contributed by atoms with Gasteiger partial charge in [0.25, 0.3) is 0 Å². The number of halogens is 12. The minimum atomic E-state index is -2.53. The fourth-order valence-electron chi connectivity index (χ4n) is 18.3. The first-order chi connectivity index (χ1) is 65.0. The summed E-state index contributed by atoms with van der Waals surface area (Å²) in [6.45, 7) is 4.70. The van der Waals surface area contributed by atoms with E-state index >= 15 is 26.3 Å². The number of fused-ring (bicyclic) bond motifs is 11. The summed E-state index contributed by atoms with van der Waals surface area (Å²) in [5.74, 6) is -29.9. The van der Waals surface area contributed by atoms with E-state index in [0.29, 0.717) is 0 Å². The number of benzene rings is 17. The number of hydrogen-bond acceptors (Lipinski definition) is 8. The molecule has 0 saturated heterocycles. The van der Waals surface area contributed by atoms with Crippen LogP contribution in [0, 0.1) is 138 Å². The maximum absolute atomic E-state index is 15.0. The van der Waals surface area contributed by atoms with Gasteiger partial charge >= 0.3 is 0 Å². The van der Waals surface area contributed by atoms with Gasteiger partial charge < -0.3 is 13.9 Å². The average molecular weight is 1770 g/mol. The van der Waals surface area contributed by atoms with Crippen molar-refractivity contribution < 1.29 is 57.1 Å². The van der Waals surface area contributed by atoms with Gasteiger partial charge in [-0.2, -0.15) is 31.6 Å². The van der Waals surface area contributed by atoms with Gasteiger partial charge in [-0.25, -0.2) is 52.7 Å². The minimum Gasteiger partial charge on any atom is -0.456 e. The molecule has 2 heterocycles. The number of aromatic nitrogens is 1. The van der Waals surface area contributed by atoms with Crippen molar-refractivity contribution in [2.45, 2.75) is 19.3 Å². The van der Waals surface area contributed by atoms with Crippen LogP contribution in [0.1, 0.15) is 58.4 Å². The number of allylic oxidation sites excluding steroid dienone is 6. The smallest absolute Gasteiger partial charge is 0.180 e. The quantitative estimate of drug-likeness (QED) is 0.0534. The monoisotopic (exact) mass is 1770 g/mol. The van der Waals surface area contributed by atoms with Crippen molar-refractivity contribution in [3.8, 4) is 97.7 Å². The normalized spacial score (nSPS) is 12.1. The molecule has 19 aromatic rings. The van der Waals surface area contributed by atoms with Crippen LogP contribution >= 0.6 is 0 Å². The standard InChI is InChI=1S/C51H38N2.C32H20O.C30F12N6/c1-51(2)47-19-11-9-17-43(47)44-31-30-42(34-48(44)51)52(40-26-21-36(22-27-40)35-13-5-3-6-14-35)41-28-23-37(24-29-41)38-25-32-50-46(33-38)45-18-10-12-20-49(45)53(50)39-15-7-4-8-16-39;1-2-10-21(11-3-1)31-24-13-4-6-15-26(24)32(27-16-7-5-14-25(27)31)22-18-19-30-28(20-22)23-12-8-9-17-29(23)33-30;31-19-10(4-46)20(32)26(38)16(25(19)37)7(1-43)13-14(8(2-44)17-27(39)21(33)11(5-47)22(34)28(17)40)15(13)9(3-45)18-29(41)23(35)12(6-48)24(36)30(18)42/h3-34H,1-2H3;1-20H;. The fourth-order valence-corrected chi connectivity index (χ4v) is 18.3. The van der Waals surface area contributed by atoms with Crippen molar-refractivity contribution in [2.24, 2.45) is 0 Å². The maximum Gasteiger partial charge on any atom is 0.180 e. The van der Waals surface area contributed by atoms with E-state index in [4.69, 9.17) is 20.2 Å². The number of rotatable bonds is 11. The van der Waals surface area contributed by atoms with Crippen LogP contribution in [0.4, 0.5) is 69.7 Å². The molecular formula is C113H58F12N8O. The lowest BCUT2D eigenvalue weighted by molar-refractivity contribution is 0.446. The molecule has 21 rings (SSSR count). The first kappa shape index (κ1) is 85.4. The average Bonchev–Trinajstić information content (AvgIpc) is 1.54. The molecular weight excluding hydrogens is 1710 g/mol. The van der Waals surface area contributed by atoms with Crippen LogP contribution in [0.5, 0.6) is 0 Å². The van der Waals surface area contributed by atoms with E-state index in [1.807, 2.05) is 12.1 Å². The Morgan fingerprint density at radius 3 is 1.09 bits per heavy atom. The molecule has 17 aromatic carbocycles. The van der Waals surface area contributed by atoms with Crippen LogP contribution in [0.25, 0.3) is 143 Å². The predicted octanol–water partition coefficient (Wildman–Crippen LogP) is 30.3.